The SMILES string of the molecule is NN(Cc1nccs1)C1CCCN(C(=O)c2ccc(Nc3nccc(Nc4ccc(F)cc4)n3)cc2)C1. The Labute approximate surface area is 218 Å². The first kappa shape index (κ1) is 24.8. The van der Waals surface area contributed by atoms with Crippen molar-refractivity contribution < 1.29 is 9.18 Å². The predicted molar refractivity (Wildman–Crippen MR) is 142 cm³/mol. The molecule has 2 aromatic heterocycles. The van der Waals surface area contributed by atoms with Gasteiger partial charge in [0.1, 0.15) is 16.6 Å². The summed E-state index contributed by atoms with van der Waals surface area (Å²) in [5.74, 6) is 6.97. The molecule has 0 saturated carbocycles. The average Bonchev–Trinajstić information content (AvgIpc) is 3.43. The number of carbonyl (C=O) groups is 1. The molecule has 1 saturated heterocycles. The second kappa shape index (κ2) is 11.4. The number of halogens is 1. The Hall–Kier alpha value is -3.93. The predicted octanol–water partition coefficient (Wildman–Crippen LogP) is 4.54. The number of nitrogens with two attached hydrogens (primary N) is 1. The molecule has 0 spiro atoms. The Balaban J connectivity index is 1.18. The topological polar surface area (TPSA) is 112 Å². The van der Waals surface area contributed by atoms with Gasteiger partial charge in [-0.1, -0.05) is 0 Å². The fraction of sp³-hybridized carbons (Fsp3) is 0.231. The van der Waals surface area contributed by atoms with Crippen molar-refractivity contribution in [2.24, 2.45) is 5.84 Å². The summed E-state index contributed by atoms with van der Waals surface area (Å²) in [7, 11) is 0. The lowest BCUT2D eigenvalue weighted by atomic mass is 10.0. The summed E-state index contributed by atoms with van der Waals surface area (Å²) in [4.78, 5) is 28.0. The van der Waals surface area contributed by atoms with E-state index in [1.807, 2.05) is 22.4 Å². The molecule has 11 heteroatoms. The largest absolute Gasteiger partial charge is 0.340 e. The van der Waals surface area contributed by atoms with E-state index in [1.54, 1.807) is 59.1 Å². The number of carbonyl (C=O) groups excluding carboxylic acids is 1. The van der Waals surface area contributed by atoms with Crippen LogP contribution >= 0.6 is 11.3 Å². The number of anilines is 4. The third-order valence-corrected chi connectivity index (χ3v) is 6.88. The van der Waals surface area contributed by atoms with Crippen molar-refractivity contribution in [2.45, 2.75) is 25.4 Å². The second-order valence-electron chi connectivity index (χ2n) is 8.75. The van der Waals surface area contributed by atoms with Crippen LogP contribution in [0, 0.1) is 5.82 Å². The van der Waals surface area contributed by atoms with Crippen LogP contribution in [0.4, 0.5) is 27.5 Å². The summed E-state index contributed by atoms with van der Waals surface area (Å²) < 4.78 is 13.1. The van der Waals surface area contributed by atoms with Crippen molar-refractivity contribution in [3.63, 3.8) is 0 Å². The second-order valence-corrected chi connectivity index (χ2v) is 9.72. The maximum atomic E-state index is 13.2. The van der Waals surface area contributed by atoms with Crippen molar-refractivity contribution in [1.29, 1.82) is 0 Å². The first-order chi connectivity index (χ1) is 18.0. The Morgan fingerprint density at radius 3 is 2.57 bits per heavy atom. The van der Waals surface area contributed by atoms with Gasteiger partial charge in [-0.15, -0.1) is 11.3 Å². The summed E-state index contributed by atoms with van der Waals surface area (Å²) in [5, 5.41) is 11.0. The Morgan fingerprint density at radius 1 is 1.05 bits per heavy atom. The minimum Gasteiger partial charge on any atom is -0.340 e. The first-order valence-electron chi connectivity index (χ1n) is 12.0. The van der Waals surface area contributed by atoms with E-state index >= 15 is 0 Å². The molecule has 5 rings (SSSR count). The highest BCUT2D eigenvalue weighted by atomic mass is 32.1. The highest BCUT2D eigenvalue weighted by Gasteiger charge is 2.27. The van der Waals surface area contributed by atoms with E-state index in [2.05, 4.69) is 25.6 Å². The van der Waals surface area contributed by atoms with Crippen LogP contribution < -0.4 is 16.5 Å². The van der Waals surface area contributed by atoms with Crippen LogP contribution in [-0.4, -0.2) is 49.9 Å². The molecule has 4 aromatic rings. The van der Waals surface area contributed by atoms with E-state index in [4.69, 9.17) is 5.84 Å². The number of thiazole rings is 1. The molecule has 190 valence electrons. The van der Waals surface area contributed by atoms with Crippen LogP contribution in [0.2, 0.25) is 0 Å². The zero-order chi connectivity index (χ0) is 25.6. The molecule has 9 nitrogen and oxygen atoms in total. The number of nitrogens with zero attached hydrogens (tertiary/aromatic N) is 5. The number of hydrogen-bond donors (Lipinski definition) is 3. The highest BCUT2D eigenvalue weighted by Crippen LogP contribution is 2.21. The fourth-order valence-electron chi connectivity index (χ4n) is 4.20. The lowest BCUT2D eigenvalue weighted by molar-refractivity contribution is 0.0559. The third kappa shape index (κ3) is 6.45. The molecule has 3 heterocycles. The summed E-state index contributed by atoms with van der Waals surface area (Å²) in [5.41, 5.74) is 2.08. The van der Waals surface area contributed by atoms with Gasteiger partial charge in [-0.3, -0.25) is 10.6 Å². The van der Waals surface area contributed by atoms with Crippen molar-refractivity contribution in [3.8, 4) is 0 Å². The molecule has 1 atom stereocenters. The van der Waals surface area contributed by atoms with Gasteiger partial charge in [0, 0.05) is 53.8 Å². The van der Waals surface area contributed by atoms with E-state index in [1.165, 1.54) is 12.1 Å². The molecular formula is C26H27FN8OS. The molecule has 4 N–H and O–H groups in total. The number of nitrogens with one attached hydrogen (secondary N) is 2. The van der Waals surface area contributed by atoms with Gasteiger partial charge in [-0.05, 0) is 67.4 Å². The van der Waals surface area contributed by atoms with Gasteiger partial charge >= 0.3 is 0 Å². The lowest BCUT2D eigenvalue weighted by Gasteiger charge is -2.37. The van der Waals surface area contributed by atoms with Gasteiger partial charge in [0.25, 0.3) is 5.91 Å². The van der Waals surface area contributed by atoms with Crippen molar-refractivity contribution in [2.75, 3.05) is 23.7 Å². The Bertz CT molecular complexity index is 1320. The van der Waals surface area contributed by atoms with Gasteiger partial charge < -0.3 is 15.5 Å². The molecule has 1 aliphatic rings. The average molecular weight is 519 g/mol. The quantitative estimate of drug-likeness (QED) is 0.230. The molecule has 0 radical (unpaired) electrons. The summed E-state index contributed by atoms with van der Waals surface area (Å²) in [6, 6.07) is 15.1. The van der Waals surface area contributed by atoms with Gasteiger partial charge in [0.2, 0.25) is 5.95 Å². The van der Waals surface area contributed by atoms with E-state index in [0.29, 0.717) is 37.0 Å². The molecule has 1 fully saturated rings. The number of piperidine rings is 1. The minimum absolute atomic E-state index is 0.0133. The molecule has 0 bridgehead atoms. The summed E-state index contributed by atoms with van der Waals surface area (Å²) >= 11 is 1.58. The molecule has 0 aliphatic carbocycles. The van der Waals surface area contributed by atoms with Crippen molar-refractivity contribution in [3.05, 3.63) is 88.8 Å². The number of hydrogen-bond acceptors (Lipinski definition) is 9. The smallest absolute Gasteiger partial charge is 0.253 e. The van der Waals surface area contributed by atoms with Crippen molar-refractivity contribution in [1.82, 2.24) is 24.9 Å². The molecule has 1 unspecified atom stereocenters. The molecule has 1 aliphatic heterocycles. The molecular weight excluding hydrogens is 491 g/mol. The number of hydrazine groups is 1. The van der Waals surface area contributed by atoms with Crippen molar-refractivity contribution >= 4 is 40.4 Å². The van der Waals surface area contributed by atoms with Gasteiger partial charge in [-0.25, -0.2) is 19.4 Å². The summed E-state index contributed by atoms with van der Waals surface area (Å²) in [6.07, 6.45) is 5.25. The van der Waals surface area contributed by atoms with Gasteiger partial charge in [0.15, 0.2) is 0 Å². The van der Waals surface area contributed by atoms with E-state index in [0.717, 1.165) is 29.2 Å². The van der Waals surface area contributed by atoms with Gasteiger partial charge in [0.05, 0.1) is 6.54 Å². The number of benzene rings is 2. The number of aromatic nitrogens is 3. The highest BCUT2D eigenvalue weighted by molar-refractivity contribution is 7.09. The van der Waals surface area contributed by atoms with Crippen LogP contribution in [0.3, 0.4) is 0 Å². The maximum Gasteiger partial charge on any atom is 0.253 e. The molecule has 2 aromatic carbocycles. The Kier molecular flexibility index (Phi) is 7.64. The Morgan fingerprint density at radius 2 is 1.81 bits per heavy atom. The normalized spacial score (nSPS) is 15.5. The molecule has 37 heavy (non-hydrogen) atoms. The van der Waals surface area contributed by atoms with Crippen LogP contribution in [0.15, 0.2) is 72.4 Å². The van der Waals surface area contributed by atoms with Gasteiger partial charge in [-0.2, -0.15) is 4.98 Å². The third-order valence-electron chi connectivity index (χ3n) is 6.11. The maximum absolute atomic E-state index is 13.2. The number of amides is 1. The van der Waals surface area contributed by atoms with Crippen LogP contribution in [0.5, 0.6) is 0 Å². The zero-order valence-corrected chi connectivity index (χ0v) is 20.9. The number of rotatable bonds is 8. The zero-order valence-electron chi connectivity index (χ0n) is 20.0. The van der Waals surface area contributed by atoms with Crippen LogP contribution in [0.1, 0.15) is 28.2 Å². The standard InChI is InChI=1S/C26H27FN8OS/c27-19-5-9-20(10-6-19)31-23-11-12-30-26(33-23)32-21-7-3-18(4-8-21)25(36)34-14-1-2-22(16-34)35(28)17-24-29-13-15-37-24/h3-13,15,22H,1-2,14,16-17,28H2,(H2,30,31,32,33). The minimum atomic E-state index is -0.300. The van der Waals surface area contributed by atoms with E-state index < -0.39 is 0 Å². The fourth-order valence-corrected chi connectivity index (χ4v) is 4.83. The first-order valence-corrected chi connectivity index (χ1v) is 12.8. The monoisotopic (exact) mass is 518 g/mol. The summed E-state index contributed by atoms with van der Waals surface area (Å²) in [6.45, 7) is 1.87. The van der Waals surface area contributed by atoms with E-state index in [-0.39, 0.29) is 17.8 Å². The lowest BCUT2D eigenvalue weighted by Crippen LogP contribution is -2.52. The van der Waals surface area contributed by atoms with Crippen LogP contribution in [-0.2, 0) is 6.54 Å². The van der Waals surface area contributed by atoms with E-state index in [9.17, 15) is 9.18 Å². The van der Waals surface area contributed by atoms with Crippen LogP contribution in [0.25, 0.3) is 0 Å². The number of likely N-dealkylation sites (tertiary alicyclic amines) is 1. The molecule has 1 amide bonds.